The largest absolute Gasteiger partial charge is 0.365 e. The summed E-state index contributed by atoms with van der Waals surface area (Å²) in [5, 5.41) is 1.48. The zero-order valence-electron chi connectivity index (χ0n) is 4.43. The van der Waals surface area contributed by atoms with Gasteiger partial charge in [-0.3, -0.25) is 4.79 Å². The van der Waals surface area contributed by atoms with Gasteiger partial charge in [0.15, 0.2) is 0 Å². The van der Waals surface area contributed by atoms with Crippen molar-refractivity contribution in [3.05, 3.63) is 22.1 Å². The Kier molecular flexibility index (Phi) is 1.48. The summed E-state index contributed by atoms with van der Waals surface area (Å²) in [5.41, 5.74) is 4.79. The molecule has 0 aliphatic heterocycles. The van der Waals surface area contributed by atoms with Crippen molar-refractivity contribution in [3.63, 3.8) is 0 Å². The van der Waals surface area contributed by atoms with Crippen molar-refractivity contribution in [2.24, 2.45) is 5.73 Å². The Morgan fingerprint density at radius 2 is 2.44 bits per heavy atom. The Morgan fingerprint density at radius 1 is 1.78 bits per heavy atom. The molecule has 0 spiro atoms. The molecule has 0 saturated carbocycles. The first-order chi connectivity index (χ1) is 4.22. The normalized spacial score (nSPS) is 9.44. The fourth-order valence-electron chi connectivity index (χ4n) is 0.470. The Hall–Kier alpha value is -0.900. The van der Waals surface area contributed by atoms with Crippen LogP contribution in [0.25, 0.3) is 0 Å². The van der Waals surface area contributed by atoms with E-state index in [-0.39, 0.29) is 4.88 Å². The molecule has 0 radical (unpaired) electrons. The van der Waals surface area contributed by atoms with E-state index in [9.17, 15) is 9.18 Å². The van der Waals surface area contributed by atoms with Crippen LogP contribution in [0.2, 0.25) is 0 Å². The summed E-state index contributed by atoms with van der Waals surface area (Å²) in [6.45, 7) is 0. The molecule has 0 fully saturated rings. The predicted molar refractivity (Wildman–Crippen MR) is 32.8 cm³/mol. The summed E-state index contributed by atoms with van der Waals surface area (Å²) < 4.78 is 12.3. The average molecular weight is 145 g/mol. The highest BCUT2D eigenvalue weighted by atomic mass is 32.1. The predicted octanol–water partition coefficient (Wildman–Crippen LogP) is 0.986. The SMILES string of the molecule is NC(=O)c1sccc1F. The van der Waals surface area contributed by atoms with Crippen molar-refractivity contribution in [2.75, 3.05) is 0 Å². The maximum atomic E-state index is 12.3. The fraction of sp³-hybridized carbons (Fsp3) is 0. The summed E-state index contributed by atoms with van der Waals surface area (Å²) in [6.07, 6.45) is 0. The molecular formula is C5H4FNOS. The number of hydrogen-bond acceptors (Lipinski definition) is 2. The molecule has 4 heteroatoms. The van der Waals surface area contributed by atoms with Crippen LogP contribution < -0.4 is 5.73 Å². The molecule has 1 amide bonds. The van der Waals surface area contributed by atoms with Gasteiger partial charge in [-0.2, -0.15) is 0 Å². The first-order valence-electron chi connectivity index (χ1n) is 2.24. The van der Waals surface area contributed by atoms with Crippen molar-refractivity contribution in [1.82, 2.24) is 0 Å². The van der Waals surface area contributed by atoms with Crippen molar-refractivity contribution in [3.8, 4) is 0 Å². The van der Waals surface area contributed by atoms with Crippen LogP contribution in [0.15, 0.2) is 11.4 Å². The summed E-state index contributed by atoms with van der Waals surface area (Å²) in [7, 11) is 0. The minimum Gasteiger partial charge on any atom is -0.365 e. The molecular weight excluding hydrogens is 141 g/mol. The number of primary amides is 1. The van der Waals surface area contributed by atoms with Crippen molar-refractivity contribution in [2.45, 2.75) is 0 Å². The lowest BCUT2D eigenvalue weighted by Crippen LogP contribution is -2.10. The Balaban J connectivity index is 3.08. The summed E-state index contributed by atoms with van der Waals surface area (Å²) >= 11 is 1.01. The molecule has 1 rings (SSSR count). The maximum Gasteiger partial charge on any atom is 0.261 e. The maximum absolute atomic E-state index is 12.3. The van der Waals surface area contributed by atoms with Gasteiger partial charge in [0.25, 0.3) is 5.91 Å². The molecule has 0 saturated heterocycles. The lowest BCUT2D eigenvalue weighted by molar-refractivity contribution is 0.100. The van der Waals surface area contributed by atoms with Crippen molar-refractivity contribution < 1.29 is 9.18 Å². The minimum absolute atomic E-state index is 0.00463. The van der Waals surface area contributed by atoms with Crippen LogP contribution in [-0.4, -0.2) is 5.91 Å². The zero-order chi connectivity index (χ0) is 6.85. The van der Waals surface area contributed by atoms with Crippen LogP contribution in [0.4, 0.5) is 4.39 Å². The van der Waals surface area contributed by atoms with E-state index in [0.717, 1.165) is 11.3 Å². The minimum atomic E-state index is -0.706. The van der Waals surface area contributed by atoms with Gasteiger partial charge in [-0.1, -0.05) is 0 Å². The molecule has 0 aliphatic rings. The van der Waals surface area contributed by atoms with Crippen LogP contribution in [0.1, 0.15) is 9.67 Å². The third kappa shape index (κ3) is 1.08. The standard InChI is InChI=1S/C5H4FNOS/c6-3-1-2-9-4(3)5(7)8/h1-2H,(H2,7,8). The number of hydrogen-bond donors (Lipinski definition) is 1. The van der Waals surface area contributed by atoms with E-state index < -0.39 is 11.7 Å². The van der Waals surface area contributed by atoms with E-state index in [0.29, 0.717) is 0 Å². The van der Waals surface area contributed by atoms with Crippen LogP contribution >= 0.6 is 11.3 Å². The highest BCUT2D eigenvalue weighted by Crippen LogP contribution is 2.12. The van der Waals surface area contributed by atoms with Crippen LogP contribution in [0, 0.1) is 5.82 Å². The van der Waals surface area contributed by atoms with E-state index in [2.05, 4.69) is 0 Å². The number of nitrogens with two attached hydrogens (primary N) is 1. The number of thiophene rings is 1. The molecule has 1 aromatic rings. The molecule has 0 bridgehead atoms. The fourth-order valence-corrected chi connectivity index (χ4v) is 1.09. The second-order valence-corrected chi connectivity index (χ2v) is 2.38. The van der Waals surface area contributed by atoms with Gasteiger partial charge >= 0.3 is 0 Å². The van der Waals surface area contributed by atoms with Gasteiger partial charge in [0, 0.05) is 0 Å². The van der Waals surface area contributed by atoms with Crippen LogP contribution in [-0.2, 0) is 0 Å². The van der Waals surface area contributed by atoms with E-state index in [1.807, 2.05) is 0 Å². The molecule has 1 aromatic heterocycles. The van der Waals surface area contributed by atoms with E-state index in [1.165, 1.54) is 11.4 Å². The first kappa shape index (κ1) is 6.22. The van der Waals surface area contributed by atoms with Crippen LogP contribution in [0.3, 0.4) is 0 Å². The Bertz CT molecular complexity index is 233. The number of rotatable bonds is 1. The quantitative estimate of drug-likeness (QED) is 0.629. The highest BCUT2D eigenvalue weighted by molar-refractivity contribution is 7.12. The summed E-state index contributed by atoms with van der Waals surface area (Å²) in [5.74, 6) is -1.24. The van der Waals surface area contributed by atoms with Gasteiger partial charge in [0.2, 0.25) is 0 Å². The smallest absolute Gasteiger partial charge is 0.261 e. The molecule has 2 nitrogen and oxygen atoms in total. The lowest BCUT2D eigenvalue weighted by Gasteiger charge is -1.84. The van der Waals surface area contributed by atoms with E-state index in [4.69, 9.17) is 5.73 Å². The van der Waals surface area contributed by atoms with Gasteiger partial charge in [0.1, 0.15) is 10.7 Å². The number of halogens is 1. The number of amides is 1. The molecule has 0 atom stereocenters. The molecule has 2 N–H and O–H groups in total. The van der Waals surface area contributed by atoms with Crippen LogP contribution in [0.5, 0.6) is 0 Å². The second kappa shape index (κ2) is 2.14. The van der Waals surface area contributed by atoms with Crippen molar-refractivity contribution >= 4 is 17.2 Å². The number of carbonyl (C=O) groups is 1. The Labute approximate surface area is 55.1 Å². The second-order valence-electron chi connectivity index (χ2n) is 1.46. The monoisotopic (exact) mass is 145 g/mol. The van der Waals surface area contributed by atoms with E-state index >= 15 is 0 Å². The topological polar surface area (TPSA) is 43.1 Å². The lowest BCUT2D eigenvalue weighted by atomic mass is 10.4. The molecule has 0 aliphatic carbocycles. The summed E-state index contributed by atoms with van der Waals surface area (Å²) in [6, 6.07) is 1.21. The zero-order valence-corrected chi connectivity index (χ0v) is 5.24. The molecule has 0 aromatic carbocycles. The van der Waals surface area contributed by atoms with Gasteiger partial charge in [-0.25, -0.2) is 4.39 Å². The average Bonchev–Trinajstić information content (AvgIpc) is 2.13. The molecule has 0 unspecified atom stereocenters. The van der Waals surface area contributed by atoms with Crippen molar-refractivity contribution in [1.29, 1.82) is 0 Å². The number of carbonyl (C=O) groups excluding carboxylic acids is 1. The molecule has 1 heterocycles. The summed E-state index contributed by atoms with van der Waals surface area (Å²) in [4.78, 5) is 10.3. The van der Waals surface area contributed by atoms with Gasteiger partial charge in [-0.15, -0.1) is 11.3 Å². The molecule has 9 heavy (non-hydrogen) atoms. The van der Waals surface area contributed by atoms with E-state index in [1.54, 1.807) is 0 Å². The Morgan fingerprint density at radius 3 is 2.67 bits per heavy atom. The van der Waals surface area contributed by atoms with Gasteiger partial charge in [-0.05, 0) is 11.4 Å². The highest BCUT2D eigenvalue weighted by Gasteiger charge is 2.07. The molecule has 48 valence electrons. The third-order valence-corrected chi connectivity index (χ3v) is 1.75. The van der Waals surface area contributed by atoms with Gasteiger partial charge in [0.05, 0.1) is 0 Å². The first-order valence-corrected chi connectivity index (χ1v) is 3.12. The van der Waals surface area contributed by atoms with Gasteiger partial charge < -0.3 is 5.73 Å². The third-order valence-electron chi connectivity index (χ3n) is 0.841.